The minimum Gasteiger partial charge on any atom is -0.462 e. The molecule has 1 heterocycles. The van der Waals surface area contributed by atoms with Crippen LogP contribution in [0.25, 0.3) is 10.9 Å². The first-order valence-corrected chi connectivity index (χ1v) is 9.74. The summed E-state index contributed by atoms with van der Waals surface area (Å²) < 4.78 is 15.4. The number of carbonyl (C=O) groups is 2. The Labute approximate surface area is 173 Å². The summed E-state index contributed by atoms with van der Waals surface area (Å²) in [6, 6.07) is 6.44. The normalized spacial score (nSPS) is 14.0. The Kier molecular flexibility index (Phi) is 7.24. The van der Waals surface area contributed by atoms with E-state index in [1.54, 1.807) is 20.8 Å². The van der Waals surface area contributed by atoms with E-state index < -0.39 is 29.6 Å². The lowest BCUT2D eigenvalue weighted by molar-refractivity contribution is -0.159. The highest BCUT2D eigenvalue weighted by molar-refractivity contribution is 14.1. The molecule has 0 fully saturated rings. The fourth-order valence-electron chi connectivity index (χ4n) is 2.69. The Morgan fingerprint density at radius 2 is 1.93 bits per heavy atom. The fourth-order valence-corrected chi connectivity index (χ4v) is 3.17. The van der Waals surface area contributed by atoms with E-state index >= 15 is 0 Å². The van der Waals surface area contributed by atoms with Crippen molar-refractivity contribution in [1.82, 2.24) is 8.10 Å². The van der Waals surface area contributed by atoms with Gasteiger partial charge < -0.3 is 19.8 Å². The summed E-state index contributed by atoms with van der Waals surface area (Å²) in [4.78, 5) is 24.3. The Bertz CT molecular complexity index is 813. The topological polar surface area (TPSA) is 95.6 Å². The predicted molar refractivity (Wildman–Crippen MR) is 112 cm³/mol. The quantitative estimate of drug-likeness (QED) is 0.354. The number of benzene rings is 1. The number of nitrogens with zero attached hydrogens (tertiary/aromatic N) is 1. The molecule has 0 amide bonds. The summed E-state index contributed by atoms with van der Waals surface area (Å²) in [6.07, 6.45) is 2.47. The minimum absolute atomic E-state index is 0.224. The number of hydrogen-bond acceptors (Lipinski definition) is 6. The molecule has 2 atom stereocenters. The van der Waals surface area contributed by atoms with Gasteiger partial charge in [0.1, 0.15) is 24.3 Å². The second-order valence-electron chi connectivity index (χ2n) is 7.42. The van der Waals surface area contributed by atoms with Crippen LogP contribution in [0.2, 0.25) is 0 Å². The number of carbonyl (C=O) groups excluding carboxylic acids is 2. The summed E-state index contributed by atoms with van der Waals surface area (Å²) in [7, 11) is 1.97. The van der Waals surface area contributed by atoms with Gasteiger partial charge in [0.15, 0.2) is 0 Å². The highest BCUT2D eigenvalue weighted by atomic mass is 127. The van der Waals surface area contributed by atoms with Gasteiger partial charge in [-0.25, -0.2) is 3.53 Å². The molecule has 0 aliphatic heterocycles. The number of ether oxygens (including phenoxy) is 2. The van der Waals surface area contributed by atoms with Gasteiger partial charge >= 0.3 is 11.9 Å². The van der Waals surface area contributed by atoms with Crippen molar-refractivity contribution < 1.29 is 19.1 Å². The van der Waals surface area contributed by atoms with Gasteiger partial charge in [0.25, 0.3) is 0 Å². The molecule has 1 aromatic carbocycles. The third kappa shape index (κ3) is 5.91. The van der Waals surface area contributed by atoms with Crippen LogP contribution < -0.4 is 9.26 Å². The van der Waals surface area contributed by atoms with Crippen molar-refractivity contribution in [2.24, 2.45) is 12.8 Å². The average Bonchev–Trinajstić information content (AvgIpc) is 2.92. The average molecular weight is 487 g/mol. The summed E-state index contributed by atoms with van der Waals surface area (Å²) >= 11 is 1.93. The maximum atomic E-state index is 12.4. The van der Waals surface area contributed by atoms with Crippen LogP contribution in [0.5, 0.6) is 0 Å². The van der Waals surface area contributed by atoms with Crippen molar-refractivity contribution in [3.63, 3.8) is 0 Å². The van der Waals surface area contributed by atoms with Crippen LogP contribution >= 0.6 is 22.9 Å². The largest absolute Gasteiger partial charge is 0.462 e. The van der Waals surface area contributed by atoms with Crippen molar-refractivity contribution in [2.75, 3.05) is 6.61 Å². The standard InChI is InChI=1S/C19H26IN3O4/c1-19(2,3)27-17(24)14(21)11-26-18(25)15(22-20)9-12-10-23(4)16-8-6-5-7-13(12)16/h5-8,10,14-15,22H,9,11,21H2,1-4H3/t14-,15-/m0/s1. The number of para-hydroxylation sites is 1. The molecule has 148 valence electrons. The first-order valence-electron chi connectivity index (χ1n) is 8.66. The summed E-state index contributed by atoms with van der Waals surface area (Å²) in [5, 5.41) is 1.09. The zero-order chi connectivity index (χ0) is 20.2. The van der Waals surface area contributed by atoms with Crippen LogP contribution in [0.4, 0.5) is 0 Å². The third-order valence-corrected chi connectivity index (χ3v) is 4.69. The monoisotopic (exact) mass is 487 g/mol. The highest BCUT2D eigenvalue weighted by Gasteiger charge is 2.26. The summed E-state index contributed by atoms with van der Waals surface area (Å²) in [6.45, 7) is 5.04. The lowest BCUT2D eigenvalue weighted by Crippen LogP contribution is -2.43. The molecule has 7 nitrogen and oxygen atoms in total. The third-order valence-electron chi connectivity index (χ3n) is 3.93. The second-order valence-corrected chi connectivity index (χ2v) is 8.04. The number of esters is 2. The number of aromatic nitrogens is 1. The summed E-state index contributed by atoms with van der Waals surface area (Å²) in [5.41, 5.74) is 7.26. The Balaban J connectivity index is 1.98. The number of halogens is 1. The first-order chi connectivity index (χ1) is 12.6. The Hall–Kier alpha value is -1.65. The van der Waals surface area contributed by atoms with E-state index in [1.807, 2.05) is 64.9 Å². The number of hydrogen-bond donors (Lipinski definition) is 2. The van der Waals surface area contributed by atoms with E-state index in [2.05, 4.69) is 3.53 Å². The molecule has 8 heteroatoms. The van der Waals surface area contributed by atoms with E-state index in [4.69, 9.17) is 15.2 Å². The van der Waals surface area contributed by atoms with E-state index in [0.29, 0.717) is 6.42 Å². The number of fused-ring (bicyclic) bond motifs is 1. The smallest absolute Gasteiger partial charge is 0.326 e. The van der Waals surface area contributed by atoms with E-state index in [0.717, 1.165) is 16.5 Å². The molecule has 27 heavy (non-hydrogen) atoms. The van der Waals surface area contributed by atoms with Gasteiger partial charge in [0.2, 0.25) is 0 Å². The van der Waals surface area contributed by atoms with Crippen LogP contribution in [0, 0.1) is 0 Å². The second kappa shape index (κ2) is 9.03. The highest BCUT2D eigenvalue weighted by Crippen LogP contribution is 2.22. The zero-order valence-electron chi connectivity index (χ0n) is 16.0. The maximum absolute atomic E-state index is 12.4. The van der Waals surface area contributed by atoms with Crippen molar-refractivity contribution in [1.29, 1.82) is 0 Å². The first kappa shape index (κ1) is 21.6. The molecule has 0 radical (unpaired) electrons. The van der Waals surface area contributed by atoms with Crippen LogP contribution in [0.1, 0.15) is 26.3 Å². The van der Waals surface area contributed by atoms with Gasteiger partial charge in [-0.05, 0) is 32.4 Å². The van der Waals surface area contributed by atoms with E-state index in [9.17, 15) is 9.59 Å². The number of nitrogens with one attached hydrogen (secondary N) is 1. The van der Waals surface area contributed by atoms with Crippen molar-refractivity contribution in [2.45, 2.75) is 44.9 Å². The SMILES string of the molecule is Cn1cc(C[C@H](NI)C(=O)OC[C@H](N)C(=O)OC(C)(C)C)c2ccccc21. The van der Waals surface area contributed by atoms with Gasteiger partial charge in [-0.2, -0.15) is 0 Å². The van der Waals surface area contributed by atoms with Crippen LogP contribution in [0.15, 0.2) is 30.5 Å². The van der Waals surface area contributed by atoms with Crippen LogP contribution in [0.3, 0.4) is 0 Å². The molecular weight excluding hydrogens is 461 g/mol. The van der Waals surface area contributed by atoms with Gasteiger partial charge in [0.05, 0.1) is 0 Å². The number of rotatable bonds is 7. The van der Waals surface area contributed by atoms with Crippen molar-refractivity contribution in [3.05, 3.63) is 36.0 Å². The van der Waals surface area contributed by atoms with Gasteiger partial charge in [-0.15, -0.1) is 0 Å². The number of aryl methyl sites for hydroxylation is 1. The molecule has 0 unspecified atom stereocenters. The molecule has 2 aromatic rings. The van der Waals surface area contributed by atoms with Gasteiger partial charge in [-0.3, -0.25) is 9.59 Å². The maximum Gasteiger partial charge on any atom is 0.326 e. The van der Waals surface area contributed by atoms with E-state index in [-0.39, 0.29) is 6.61 Å². The molecule has 0 saturated carbocycles. The Morgan fingerprint density at radius 1 is 1.26 bits per heavy atom. The van der Waals surface area contributed by atoms with E-state index in [1.165, 1.54) is 0 Å². The Morgan fingerprint density at radius 3 is 2.56 bits per heavy atom. The molecule has 2 rings (SSSR count). The summed E-state index contributed by atoms with van der Waals surface area (Å²) in [5.74, 6) is -1.06. The lowest BCUT2D eigenvalue weighted by atomic mass is 10.1. The molecule has 0 saturated heterocycles. The molecule has 0 aliphatic carbocycles. The van der Waals surface area contributed by atoms with Gasteiger partial charge in [0, 0.05) is 53.4 Å². The van der Waals surface area contributed by atoms with Crippen LogP contribution in [-0.4, -0.2) is 40.8 Å². The fraction of sp³-hybridized carbons (Fsp3) is 0.474. The van der Waals surface area contributed by atoms with Gasteiger partial charge in [-0.1, -0.05) is 18.2 Å². The number of nitrogens with two attached hydrogens (primary N) is 1. The molecule has 0 aliphatic rings. The molecule has 1 aromatic heterocycles. The molecule has 3 N–H and O–H groups in total. The predicted octanol–water partition coefficient (Wildman–Crippen LogP) is 2.24. The van der Waals surface area contributed by atoms with Crippen molar-refractivity contribution >= 4 is 45.7 Å². The van der Waals surface area contributed by atoms with Crippen molar-refractivity contribution in [3.8, 4) is 0 Å². The molecule has 0 spiro atoms. The lowest BCUT2D eigenvalue weighted by Gasteiger charge is -2.22. The minimum atomic E-state index is -1.01. The molecular formula is C19H26IN3O4. The zero-order valence-corrected chi connectivity index (χ0v) is 18.1. The molecule has 0 bridgehead atoms. The van der Waals surface area contributed by atoms with Crippen LogP contribution in [-0.2, 0) is 32.5 Å².